The summed E-state index contributed by atoms with van der Waals surface area (Å²) >= 11 is 0. The van der Waals surface area contributed by atoms with Crippen molar-refractivity contribution in [2.75, 3.05) is 0 Å². The van der Waals surface area contributed by atoms with Crippen molar-refractivity contribution in [1.82, 2.24) is 5.32 Å². The summed E-state index contributed by atoms with van der Waals surface area (Å²) in [7, 11) is 0. The molecule has 3 N–H and O–H groups in total. The molecule has 1 fully saturated rings. The Labute approximate surface area is 117 Å². The predicted octanol–water partition coefficient (Wildman–Crippen LogP) is 1.52. The maximum atomic E-state index is 11.2. The lowest BCUT2D eigenvalue weighted by molar-refractivity contribution is -0.159. The second-order valence-electron chi connectivity index (χ2n) is 4.67. The number of carboxylic acids is 2. The fraction of sp³-hybridized carbons (Fsp3) is 0.385. The van der Waals surface area contributed by atoms with Gasteiger partial charge in [-0.05, 0) is 18.4 Å². The minimum Gasteiger partial charge on any atom is -0.481 e. The molecule has 6 heteroatoms. The van der Waals surface area contributed by atoms with E-state index in [9.17, 15) is 14.7 Å². The summed E-state index contributed by atoms with van der Waals surface area (Å²) in [6.45, 7) is 0.430. The van der Waals surface area contributed by atoms with Crippen molar-refractivity contribution < 1.29 is 19.8 Å². The molecule has 0 bridgehead atoms. The number of nitrogens with one attached hydrogen (secondary N) is 1. The van der Waals surface area contributed by atoms with E-state index in [0.717, 1.165) is 5.56 Å². The Morgan fingerprint density at radius 2 is 1.79 bits per heavy atom. The average molecular weight is 286 g/mol. The molecule has 0 radical (unpaired) electrons. The summed E-state index contributed by atoms with van der Waals surface area (Å²) in [4.78, 5) is 22.0. The first-order valence-electron chi connectivity index (χ1n) is 5.79. The van der Waals surface area contributed by atoms with Crippen molar-refractivity contribution in [3.05, 3.63) is 35.9 Å². The Bertz CT molecular complexity index is 457. The highest BCUT2D eigenvalue weighted by molar-refractivity contribution is 5.85. The first-order chi connectivity index (χ1) is 8.53. The topological polar surface area (TPSA) is 86.6 Å². The summed E-state index contributed by atoms with van der Waals surface area (Å²) in [5.74, 6) is -2.45. The molecule has 2 rings (SSSR count). The number of halogens is 1. The van der Waals surface area contributed by atoms with E-state index < -0.39 is 23.4 Å². The summed E-state index contributed by atoms with van der Waals surface area (Å²) in [6.07, 6.45) is 0.287. The van der Waals surface area contributed by atoms with Gasteiger partial charge in [-0.2, -0.15) is 0 Å². The van der Waals surface area contributed by atoms with E-state index in [-0.39, 0.29) is 25.2 Å². The number of benzene rings is 1. The SMILES string of the molecule is Cl.O=C(O)C1CC(NCc2ccccc2)(C(=O)O)C1. The number of hydrogen-bond donors (Lipinski definition) is 3. The van der Waals surface area contributed by atoms with Crippen LogP contribution in [-0.4, -0.2) is 27.7 Å². The molecule has 1 aliphatic rings. The summed E-state index contributed by atoms with van der Waals surface area (Å²) in [5, 5.41) is 21.0. The monoisotopic (exact) mass is 285 g/mol. The second-order valence-corrected chi connectivity index (χ2v) is 4.67. The molecule has 0 amide bonds. The molecule has 1 aromatic carbocycles. The fourth-order valence-corrected chi connectivity index (χ4v) is 2.22. The molecule has 0 unspecified atom stereocenters. The highest BCUT2D eigenvalue weighted by atomic mass is 35.5. The Morgan fingerprint density at radius 3 is 2.26 bits per heavy atom. The third-order valence-electron chi connectivity index (χ3n) is 3.42. The first kappa shape index (κ1) is 15.5. The molecule has 0 heterocycles. The minimum atomic E-state index is -1.08. The number of carboxylic acid groups (broad SMARTS) is 2. The number of hydrogen-bond acceptors (Lipinski definition) is 3. The molecular weight excluding hydrogens is 270 g/mol. The lowest BCUT2D eigenvalue weighted by Crippen LogP contribution is -2.61. The van der Waals surface area contributed by atoms with Crippen molar-refractivity contribution in [1.29, 1.82) is 0 Å². The molecule has 0 atom stereocenters. The normalized spacial score (nSPS) is 24.9. The summed E-state index contributed by atoms with van der Waals surface area (Å²) in [6, 6.07) is 9.45. The molecule has 0 aromatic heterocycles. The molecule has 19 heavy (non-hydrogen) atoms. The van der Waals surface area contributed by atoms with Crippen LogP contribution in [0.15, 0.2) is 30.3 Å². The van der Waals surface area contributed by atoms with Gasteiger partial charge in [-0.1, -0.05) is 30.3 Å². The zero-order chi connectivity index (χ0) is 13.2. The van der Waals surface area contributed by atoms with Gasteiger partial charge in [0.2, 0.25) is 0 Å². The van der Waals surface area contributed by atoms with Gasteiger partial charge in [0, 0.05) is 6.54 Å². The highest BCUT2D eigenvalue weighted by Crippen LogP contribution is 2.38. The zero-order valence-electron chi connectivity index (χ0n) is 10.2. The van der Waals surface area contributed by atoms with E-state index >= 15 is 0 Å². The van der Waals surface area contributed by atoms with Crippen LogP contribution in [-0.2, 0) is 16.1 Å². The Hall–Kier alpha value is -1.59. The number of aliphatic carboxylic acids is 2. The molecule has 0 aliphatic heterocycles. The molecule has 1 saturated carbocycles. The molecule has 104 valence electrons. The predicted molar refractivity (Wildman–Crippen MR) is 71.3 cm³/mol. The fourth-order valence-electron chi connectivity index (χ4n) is 2.22. The zero-order valence-corrected chi connectivity index (χ0v) is 11.0. The third kappa shape index (κ3) is 3.24. The van der Waals surface area contributed by atoms with Gasteiger partial charge in [-0.15, -0.1) is 12.4 Å². The van der Waals surface area contributed by atoms with Crippen molar-refractivity contribution >= 4 is 24.3 Å². The van der Waals surface area contributed by atoms with E-state index in [4.69, 9.17) is 5.11 Å². The standard InChI is InChI=1S/C13H15NO4.ClH/c15-11(16)10-6-13(7-10,12(17)18)14-8-9-4-2-1-3-5-9;/h1-5,10,14H,6-8H2,(H,15,16)(H,17,18);1H. The van der Waals surface area contributed by atoms with Gasteiger partial charge in [-0.25, -0.2) is 0 Å². The van der Waals surface area contributed by atoms with Crippen molar-refractivity contribution in [2.45, 2.75) is 24.9 Å². The van der Waals surface area contributed by atoms with Gasteiger partial charge in [0.25, 0.3) is 0 Å². The van der Waals surface area contributed by atoms with E-state index in [1.54, 1.807) is 0 Å². The van der Waals surface area contributed by atoms with Crippen molar-refractivity contribution in [3.63, 3.8) is 0 Å². The van der Waals surface area contributed by atoms with E-state index in [0.29, 0.717) is 6.54 Å². The molecule has 5 nitrogen and oxygen atoms in total. The van der Waals surface area contributed by atoms with Crippen LogP contribution in [0.1, 0.15) is 18.4 Å². The van der Waals surface area contributed by atoms with Crippen molar-refractivity contribution in [3.8, 4) is 0 Å². The van der Waals surface area contributed by atoms with Crippen LogP contribution in [0.4, 0.5) is 0 Å². The maximum absolute atomic E-state index is 11.2. The van der Waals surface area contributed by atoms with Gasteiger partial charge in [0.15, 0.2) is 0 Å². The van der Waals surface area contributed by atoms with E-state index in [1.165, 1.54) is 0 Å². The minimum absolute atomic E-state index is 0. The first-order valence-corrected chi connectivity index (χ1v) is 5.79. The van der Waals surface area contributed by atoms with Gasteiger partial charge >= 0.3 is 11.9 Å². The van der Waals surface area contributed by atoms with Crippen LogP contribution in [0.5, 0.6) is 0 Å². The Balaban J connectivity index is 0.00000180. The Morgan fingerprint density at radius 1 is 1.21 bits per heavy atom. The largest absolute Gasteiger partial charge is 0.481 e. The molecule has 1 aromatic rings. The van der Waals surface area contributed by atoms with Gasteiger partial charge < -0.3 is 10.2 Å². The smallest absolute Gasteiger partial charge is 0.323 e. The van der Waals surface area contributed by atoms with Gasteiger partial charge in [-0.3, -0.25) is 14.9 Å². The van der Waals surface area contributed by atoms with Crippen LogP contribution in [0, 0.1) is 5.92 Å². The Kier molecular flexibility index (Phi) is 4.91. The molecule has 0 spiro atoms. The van der Waals surface area contributed by atoms with E-state index in [1.807, 2.05) is 30.3 Å². The van der Waals surface area contributed by atoms with Crippen LogP contribution < -0.4 is 5.32 Å². The highest BCUT2D eigenvalue weighted by Gasteiger charge is 2.52. The average Bonchev–Trinajstić information content (AvgIpc) is 2.28. The van der Waals surface area contributed by atoms with Gasteiger partial charge in [0.05, 0.1) is 5.92 Å². The molecule has 0 saturated heterocycles. The lowest BCUT2D eigenvalue weighted by Gasteiger charge is -2.43. The number of carbonyl (C=O) groups is 2. The van der Waals surface area contributed by atoms with Crippen LogP contribution in [0.25, 0.3) is 0 Å². The third-order valence-corrected chi connectivity index (χ3v) is 3.42. The van der Waals surface area contributed by atoms with E-state index in [2.05, 4.69) is 5.32 Å². The molecule has 1 aliphatic carbocycles. The van der Waals surface area contributed by atoms with Crippen LogP contribution in [0.2, 0.25) is 0 Å². The van der Waals surface area contributed by atoms with Crippen LogP contribution in [0.3, 0.4) is 0 Å². The van der Waals surface area contributed by atoms with Crippen LogP contribution >= 0.6 is 12.4 Å². The van der Waals surface area contributed by atoms with Gasteiger partial charge in [0.1, 0.15) is 5.54 Å². The summed E-state index contributed by atoms with van der Waals surface area (Å²) < 4.78 is 0. The quantitative estimate of drug-likeness (QED) is 0.763. The second kappa shape index (κ2) is 6.04. The van der Waals surface area contributed by atoms with Crippen molar-refractivity contribution in [2.24, 2.45) is 5.92 Å². The lowest BCUT2D eigenvalue weighted by atomic mass is 9.68. The summed E-state index contributed by atoms with van der Waals surface area (Å²) in [5.41, 5.74) is -0.101. The maximum Gasteiger partial charge on any atom is 0.323 e. The molecular formula is C13H16ClNO4. The number of rotatable bonds is 5.